The van der Waals surface area contributed by atoms with Crippen molar-refractivity contribution in [3.8, 4) is 5.75 Å². The zero-order valence-electron chi connectivity index (χ0n) is 10.3. The van der Waals surface area contributed by atoms with Crippen LogP contribution in [-0.2, 0) is 0 Å². The van der Waals surface area contributed by atoms with Gasteiger partial charge in [-0.15, -0.1) is 0 Å². The van der Waals surface area contributed by atoms with Gasteiger partial charge in [0, 0.05) is 24.1 Å². The first-order chi connectivity index (χ1) is 8.15. The topological polar surface area (TPSA) is 21.3 Å². The smallest absolute Gasteiger partial charge is 0.143 e. The van der Waals surface area contributed by atoms with Crippen LogP contribution in [0.3, 0.4) is 0 Å². The van der Waals surface area contributed by atoms with Crippen molar-refractivity contribution in [2.24, 2.45) is 0 Å². The standard InChI is InChI=1S/C14H18ClNO/c1-8-3-6-11(15)14-13(8)12(7-9(2)17-14)16-10-4-5-10/h3,6,9-10,12,16H,4-5,7H2,1-2H3. The Labute approximate surface area is 107 Å². The highest BCUT2D eigenvalue weighted by Gasteiger charge is 2.33. The van der Waals surface area contributed by atoms with Gasteiger partial charge >= 0.3 is 0 Å². The van der Waals surface area contributed by atoms with Gasteiger partial charge in [-0.2, -0.15) is 0 Å². The predicted molar refractivity (Wildman–Crippen MR) is 69.8 cm³/mol. The van der Waals surface area contributed by atoms with Crippen LogP contribution in [0.5, 0.6) is 5.75 Å². The molecule has 1 aromatic carbocycles. The molecule has 17 heavy (non-hydrogen) atoms. The van der Waals surface area contributed by atoms with Crippen LogP contribution in [-0.4, -0.2) is 12.1 Å². The molecule has 1 aliphatic heterocycles. The number of hydrogen-bond donors (Lipinski definition) is 1. The number of aryl methyl sites for hydroxylation is 1. The monoisotopic (exact) mass is 251 g/mol. The summed E-state index contributed by atoms with van der Waals surface area (Å²) in [4.78, 5) is 0. The zero-order chi connectivity index (χ0) is 12.0. The third-order valence-electron chi connectivity index (χ3n) is 3.62. The summed E-state index contributed by atoms with van der Waals surface area (Å²) in [5, 5.41) is 4.44. The molecule has 1 N–H and O–H groups in total. The fourth-order valence-electron chi connectivity index (χ4n) is 2.61. The molecule has 0 amide bonds. The molecule has 0 saturated heterocycles. The van der Waals surface area contributed by atoms with Gasteiger partial charge in [0.2, 0.25) is 0 Å². The molecule has 1 saturated carbocycles. The molecule has 2 aliphatic rings. The second-order valence-corrected chi connectivity index (χ2v) is 5.67. The van der Waals surface area contributed by atoms with Gasteiger partial charge in [-0.3, -0.25) is 0 Å². The summed E-state index contributed by atoms with van der Waals surface area (Å²) in [5.74, 6) is 0.892. The molecule has 3 heteroatoms. The number of fused-ring (bicyclic) bond motifs is 1. The highest BCUT2D eigenvalue weighted by Crippen LogP contribution is 2.42. The maximum atomic E-state index is 6.24. The average molecular weight is 252 g/mol. The molecule has 2 unspecified atom stereocenters. The molecule has 1 aliphatic carbocycles. The van der Waals surface area contributed by atoms with Crippen molar-refractivity contribution in [1.82, 2.24) is 5.32 Å². The Morgan fingerprint density at radius 3 is 2.82 bits per heavy atom. The van der Waals surface area contributed by atoms with Crippen LogP contribution in [0.15, 0.2) is 12.1 Å². The van der Waals surface area contributed by atoms with Crippen LogP contribution in [0.2, 0.25) is 5.02 Å². The molecule has 1 aromatic rings. The summed E-state index contributed by atoms with van der Waals surface area (Å²) in [7, 11) is 0. The van der Waals surface area contributed by atoms with E-state index in [1.807, 2.05) is 6.07 Å². The van der Waals surface area contributed by atoms with Crippen molar-refractivity contribution in [1.29, 1.82) is 0 Å². The Hall–Kier alpha value is -0.730. The fourth-order valence-corrected chi connectivity index (χ4v) is 2.82. The molecule has 1 fully saturated rings. The van der Waals surface area contributed by atoms with E-state index in [4.69, 9.17) is 16.3 Å². The van der Waals surface area contributed by atoms with Crippen LogP contribution >= 0.6 is 11.6 Å². The normalized spacial score (nSPS) is 27.5. The lowest BCUT2D eigenvalue weighted by Gasteiger charge is -2.33. The summed E-state index contributed by atoms with van der Waals surface area (Å²) in [5.41, 5.74) is 2.54. The SMILES string of the molecule is Cc1ccc(Cl)c2c1C(NC1CC1)CC(C)O2. The van der Waals surface area contributed by atoms with Crippen molar-refractivity contribution in [3.05, 3.63) is 28.3 Å². The van der Waals surface area contributed by atoms with E-state index in [1.54, 1.807) is 0 Å². The van der Waals surface area contributed by atoms with Gasteiger partial charge in [-0.1, -0.05) is 17.7 Å². The Kier molecular flexibility index (Phi) is 2.80. The summed E-state index contributed by atoms with van der Waals surface area (Å²) in [6.45, 7) is 4.25. The van der Waals surface area contributed by atoms with Gasteiger partial charge < -0.3 is 10.1 Å². The molecular weight excluding hydrogens is 234 g/mol. The van der Waals surface area contributed by atoms with Crippen LogP contribution < -0.4 is 10.1 Å². The van der Waals surface area contributed by atoms with E-state index in [0.29, 0.717) is 12.1 Å². The Morgan fingerprint density at radius 2 is 2.12 bits per heavy atom. The molecule has 2 atom stereocenters. The molecule has 1 heterocycles. The van der Waals surface area contributed by atoms with E-state index >= 15 is 0 Å². The zero-order valence-corrected chi connectivity index (χ0v) is 11.1. The number of ether oxygens (including phenoxy) is 1. The van der Waals surface area contributed by atoms with Gasteiger partial charge in [0.05, 0.1) is 11.1 Å². The van der Waals surface area contributed by atoms with E-state index in [2.05, 4.69) is 25.2 Å². The predicted octanol–water partition coefficient (Wildman–Crippen LogP) is 3.61. The van der Waals surface area contributed by atoms with E-state index in [1.165, 1.54) is 24.0 Å². The van der Waals surface area contributed by atoms with Gasteiger partial charge in [0.1, 0.15) is 5.75 Å². The molecule has 92 valence electrons. The van der Waals surface area contributed by atoms with Crippen molar-refractivity contribution < 1.29 is 4.74 Å². The van der Waals surface area contributed by atoms with Gasteiger partial charge in [0.25, 0.3) is 0 Å². The number of hydrogen-bond acceptors (Lipinski definition) is 2. The van der Waals surface area contributed by atoms with Crippen LogP contribution in [0.4, 0.5) is 0 Å². The Morgan fingerprint density at radius 1 is 1.35 bits per heavy atom. The molecule has 2 nitrogen and oxygen atoms in total. The molecule has 3 rings (SSSR count). The number of halogens is 1. The van der Waals surface area contributed by atoms with Crippen LogP contribution in [0.25, 0.3) is 0 Å². The third kappa shape index (κ3) is 2.16. The Bertz CT molecular complexity index is 442. The van der Waals surface area contributed by atoms with E-state index in [9.17, 15) is 0 Å². The third-order valence-corrected chi connectivity index (χ3v) is 3.91. The lowest BCUT2D eigenvalue weighted by molar-refractivity contribution is 0.165. The lowest BCUT2D eigenvalue weighted by atomic mass is 9.93. The minimum absolute atomic E-state index is 0.234. The van der Waals surface area contributed by atoms with E-state index < -0.39 is 0 Å². The average Bonchev–Trinajstić information content (AvgIpc) is 3.07. The number of nitrogens with one attached hydrogen (secondary N) is 1. The summed E-state index contributed by atoms with van der Waals surface area (Å²) in [6, 6.07) is 5.13. The minimum atomic E-state index is 0.234. The van der Waals surface area contributed by atoms with Gasteiger partial charge in [0.15, 0.2) is 0 Å². The highest BCUT2D eigenvalue weighted by atomic mass is 35.5. The van der Waals surface area contributed by atoms with Crippen LogP contribution in [0.1, 0.15) is 43.4 Å². The second kappa shape index (κ2) is 4.18. The first-order valence-corrected chi connectivity index (χ1v) is 6.74. The maximum Gasteiger partial charge on any atom is 0.143 e. The van der Waals surface area contributed by atoms with E-state index in [-0.39, 0.29) is 6.10 Å². The summed E-state index contributed by atoms with van der Waals surface area (Å²) in [6.07, 6.45) is 3.88. The minimum Gasteiger partial charge on any atom is -0.489 e. The summed E-state index contributed by atoms with van der Waals surface area (Å²) >= 11 is 6.24. The molecule has 0 radical (unpaired) electrons. The first-order valence-electron chi connectivity index (χ1n) is 6.37. The summed E-state index contributed by atoms with van der Waals surface area (Å²) < 4.78 is 5.90. The quantitative estimate of drug-likeness (QED) is 0.867. The van der Waals surface area contributed by atoms with Crippen molar-refractivity contribution in [2.45, 2.75) is 51.3 Å². The van der Waals surface area contributed by atoms with Crippen LogP contribution in [0, 0.1) is 6.92 Å². The molecule has 0 bridgehead atoms. The number of benzene rings is 1. The second-order valence-electron chi connectivity index (χ2n) is 5.26. The van der Waals surface area contributed by atoms with Crippen molar-refractivity contribution >= 4 is 11.6 Å². The maximum absolute atomic E-state index is 6.24. The van der Waals surface area contributed by atoms with Gasteiger partial charge in [-0.25, -0.2) is 0 Å². The van der Waals surface area contributed by atoms with E-state index in [0.717, 1.165) is 17.2 Å². The fraction of sp³-hybridized carbons (Fsp3) is 0.571. The first kappa shape index (κ1) is 11.4. The number of rotatable bonds is 2. The molecule has 0 aromatic heterocycles. The largest absolute Gasteiger partial charge is 0.489 e. The van der Waals surface area contributed by atoms with Crippen molar-refractivity contribution in [2.75, 3.05) is 0 Å². The Balaban J connectivity index is 2.00. The highest BCUT2D eigenvalue weighted by molar-refractivity contribution is 6.32. The van der Waals surface area contributed by atoms with Gasteiger partial charge in [-0.05, 0) is 38.3 Å². The molecule has 0 spiro atoms. The van der Waals surface area contributed by atoms with Crippen molar-refractivity contribution in [3.63, 3.8) is 0 Å². The molecular formula is C14H18ClNO. The lowest BCUT2D eigenvalue weighted by Crippen LogP contribution is -2.33.